The Bertz CT molecular complexity index is 652. The molecule has 1 aromatic carbocycles. The summed E-state index contributed by atoms with van der Waals surface area (Å²) in [5.74, 6) is -0.666. The maximum Gasteiger partial charge on any atom is 0.327 e. The predicted octanol–water partition coefficient (Wildman–Crippen LogP) is 0.305. The second-order valence-electron chi connectivity index (χ2n) is 5.88. The summed E-state index contributed by atoms with van der Waals surface area (Å²) >= 11 is 0. The van der Waals surface area contributed by atoms with Gasteiger partial charge in [0, 0.05) is 19.6 Å². The van der Waals surface area contributed by atoms with Gasteiger partial charge >= 0.3 is 6.03 Å². The first-order valence-electron chi connectivity index (χ1n) is 7.69. The van der Waals surface area contributed by atoms with E-state index in [-0.39, 0.29) is 43.4 Å². The summed E-state index contributed by atoms with van der Waals surface area (Å²) in [5, 5.41) is 6.19. The van der Waals surface area contributed by atoms with E-state index >= 15 is 0 Å². The minimum atomic E-state index is -0.425. The standard InChI is InChI=1S/C16H20N4O3.ClH/c1-19-10-15(22)20(16(19)23)9-14(21)18-8-13-12-5-3-2-4-11(12)6-7-17-13;/h2-5,13,17H,6-10H2,1H3,(H,18,21);1H. The number of rotatable bonds is 4. The van der Waals surface area contributed by atoms with Crippen LogP contribution in [-0.2, 0) is 16.0 Å². The molecule has 0 saturated carbocycles. The van der Waals surface area contributed by atoms with Gasteiger partial charge in [-0.2, -0.15) is 0 Å². The number of hydrogen-bond donors (Lipinski definition) is 2. The summed E-state index contributed by atoms with van der Waals surface area (Å²) in [5.41, 5.74) is 2.48. The van der Waals surface area contributed by atoms with Gasteiger partial charge in [0.2, 0.25) is 5.91 Å². The first-order valence-corrected chi connectivity index (χ1v) is 7.69. The van der Waals surface area contributed by atoms with Gasteiger partial charge in [0.1, 0.15) is 13.1 Å². The number of carbonyl (C=O) groups excluding carboxylic acids is 3. The van der Waals surface area contributed by atoms with Gasteiger partial charge in [0.25, 0.3) is 5.91 Å². The number of likely N-dealkylation sites (N-methyl/N-ethyl adjacent to an activating group) is 1. The number of nitrogens with one attached hydrogen (secondary N) is 2. The van der Waals surface area contributed by atoms with Crippen LogP contribution in [0.5, 0.6) is 0 Å². The smallest absolute Gasteiger partial charge is 0.327 e. The van der Waals surface area contributed by atoms with Gasteiger partial charge in [0.05, 0.1) is 0 Å². The molecule has 1 aromatic rings. The quantitative estimate of drug-likeness (QED) is 0.764. The molecule has 24 heavy (non-hydrogen) atoms. The molecule has 1 fully saturated rings. The Morgan fingerprint density at radius 2 is 2.08 bits per heavy atom. The third-order valence-corrected chi connectivity index (χ3v) is 4.25. The lowest BCUT2D eigenvalue weighted by atomic mass is 9.94. The molecule has 1 saturated heterocycles. The fourth-order valence-corrected chi connectivity index (χ4v) is 3.01. The van der Waals surface area contributed by atoms with E-state index in [4.69, 9.17) is 0 Å². The number of benzene rings is 1. The van der Waals surface area contributed by atoms with Crippen molar-refractivity contribution in [2.24, 2.45) is 0 Å². The number of fused-ring (bicyclic) bond motifs is 1. The Morgan fingerprint density at radius 1 is 1.33 bits per heavy atom. The van der Waals surface area contributed by atoms with E-state index in [1.54, 1.807) is 7.05 Å². The second kappa shape index (κ2) is 7.63. The summed E-state index contributed by atoms with van der Waals surface area (Å²) in [6, 6.07) is 7.78. The van der Waals surface area contributed by atoms with Crippen molar-refractivity contribution in [2.45, 2.75) is 12.5 Å². The third-order valence-electron chi connectivity index (χ3n) is 4.25. The molecule has 1 unspecified atom stereocenters. The molecule has 8 heteroatoms. The van der Waals surface area contributed by atoms with Crippen LogP contribution in [0.25, 0.3) is 0 Å². The molecule has 4 amide bonds. The zero-order valence-corrected chi connectivity index (χ0v) is 14.3. The van der Waals surface area contributed by atoms with Crippen LogP contribution in [0.4, 0.5) is 4.79 Å². The van der Waals surface area contributed by atoms with Crippen LogP contribution in [0.3, 0.4) is 0 Å². The first-order chi connectivity index (χ1) is 11.1. The Labute approximate surface area is 146 Å². The highest BCUT2D eigenvalue weighted by atomic mass is 35.5. The Kier molecular flexibility index (Phi) is 5.80. The Morgan fingerprint density at radius 3 is 2.79 bits per heavy atom. The molecule has 0 aromatic heterocycles. The highest BCUT2D eigenvalue weighted by molar-refractivity contribution is 6.04. The number of hydrogen-bond acceptors (Lipinski definition) is 4. The normalized spacial score (nSPS) is 19.8. The molecule has 2 heterocycles. The van der Waals surface area contributed by atoms with Crippen molar-refractivity contribution >= 4 is 30.3 Å². The molecule has 7 nitrogen and oxygen atoms in total. The molecule has 0 radical (unpaired) electrons. The van der Waals surface area contributed by atoms with E-state index < -0.39 is 6.03 Å². The van der Waals surface area contributed by atoms with E-state index in [2.05, 4.69) is 22.8 Å². The minimum Gasteiger partial charge on any atom is -0.353 e. The van der Waals surface area contributed by atoms with Crippen LogP contribution in [0.2, 0.25) is 0 Å². The van der Waals surface area contributed by atoms with Crippen LogP contribution in [0.1, 0.15) is 17.2 Å². The Balaban J connectivity index is 0.00000208. The van der Waals surface area contributed by atoms with Crippen LogP contribution < -0.4 is 10.6 Å². The molecule has 2 aliphatic heterocycles. The van der Waals surface area contributed by atoms with E-state index in [1.807, 2.05) is 12.1 Å². The molecule has 2 N–H and O–H groups in total. The molecular formula is C16H21ClN4O3. The van der Waals surface area contributed by atoms with Crippen LogP contribution >= 0.6 is 12.4 Å². The van der Waals surface area contributed by atoms with E-state index in [9.17, 15) is 14.4 Å². The van der Waals surface area contributed by atoms with Crippen molar-refractivity contribution in [3.63, 3.8) is 0 Å². The maximum absolute atomic E-state index is 12.0. The lowest BCUT2D eigenvalue weighted by Gasteiger charge is -2.27. The summed E-state index contributed by atoms with van der Waals surface area (Å²) in [7, 11) is 1.54. The summed E-state index contributed by atoms with van der Waals surface area (Å²) in [4.78, 5) is 37.8. The highest BCUT2D eigenvalue weighted by Gasteiger charge is 2.34. The molecule has 3 rings (SSSR count). The van der Waals surface area contributed by atoms with Gasteiger partial charge in [-0.25, -0.2) is 4.79 Å². The molecule has 2 aliphatic rings. The first kappa shape index (κ1) is 18.2. The van der Waals surface area contributed by atoms with Gasteiger partial charge in [-0.1, -0.05) is 24.3 Å². The van der Waals surface area contributed by atoms with Crippen LogP contribution in [0.15, 0.2) is 24.3 Å². The third kappa shape index (κ3) is 3.68. The van der Waals surface area contributed by atoms with Crippen molar-refractivity contribution in [3.8, 4) is 0 Å². The number of imide groups is 1. The summed E-state index contributed by atoms with van der Waals surface area (Å²) in [6.45, 7) is 1.10. The number of amides is 4. The average Bonchev–Trinajstić information content (AvgIpc) is 2.79. The van der Waals surface area contributed by atoms with Gasteiger partial charge in [0.15, 0.2) is 0 Å². The van der Waals surface area contributed by atoms with Crippen molar-refractivity contribution in [2.75, 3.05) is 33.2 Å². The maximum atomic E-state index is 12.0. The molecule has 1 atom stereocenters. The zero-order chi connectivity index (χ0) is 16.4. The van der Waals surface area contributed by atoms with Crippen molar-refractivity contribution in [1.29, 1.82) is 0 Å². The second-order valence-corrected chi connectivity index (χ2v) is 5.88. The van der Waals surface area contributed by atoms with E-state index in [0.717, 1.165) is 17.9 Å². The minimum absolute atomic E-state index is 0. The highest BCUT2D eigenvalue weighted by Crippen LogP contribution is 2.21. The fourth-order valence-electron chi connectivity index (χ4n) is 3.01. The van der Waals surface area contributed by atoms with Crippen molar-refractivity contribution < 1.29 is 14.4 Å². The molecular weight excluding hydrogens is 332 g/mol. The molecule has 0 aliphatic carbocycles. The van der Waals surface area contributed by atoms with Crippen LogP contribution in [0, 0.1) is 0 Å². The largest absolute Gasteiger partial charge is 0.353 e. The lowest BCUT2D eigenvalue weighted by molar-refractivity contribution is -0.130. The molecule has 130 valence electrons. The van der Waals surface area contributed by atoms with Gasteiger partial charge in [-0.15, -0.1) is 12.4 Å². The fraction of sp³-hybridized carbons (Fsp3) is 0.438. The summed E-state index contributed by atoms with van der Waals surface area (Å²) < 4.78 is 0. The number of carbonyl (C=O) groups is 3. The van der Waals surface area contributed by atoms with Crippen LogP contribution in [-0.4, -0.2) is 60.9 Å². The zero-order valence-electron chi connectivity index (χ0n) is 13.4. The topological polar surface area (TPSA) is 81.8 Å². The summed E-state index contributed by atoms with van der Waals surface area (Å²) in [6.07, 6.45) is 0.976. The predicted molar refractivity (Wildman–Crippen MR) is 90.9 cm³/mol. The van der Waals surface area contributed by atoms with E-state index in [0.29, 0.717) is 6.54 Å². The van der Waals surface area contributed by atoms with Crippen molar-refractivity contribution in [1.82, 2.24) is 20.4 Å². The number of nitrogens with zero attached hydrogens (tertiary/aromatic N) is 2. The Hall–Kier alpha value is -2.12. The molecule has 0 bridgehead atoms. The average molecular weight is 353 g/mol. The van der Waals surface area contributed by atoms with Gasteiger partial charge < -0.3 is 15.5 Å². The van der Waals surface area contributed by atoms with Gasteiger partial charge in [-0.05, 0) is 24.1 Å². The number of halogens is 1. The lowest BCUT2D eigenvalue weighted by Crippen LogP contribution is -2.44. The SMILES string of the molecule is CN1CC(=O)N(CC(=O)NCC2NCCc3ccccc32)C1=O.Cl. The monoisotopic (exact) mass is 352 g/mol. The van der Waals surface area contributed by atoms with Crippen molar-refractivity contribution in [3.05, 3.63) is 35.4 Å². The van der Waals surface area contributed by atoms with E-state index in [1.165, 1.54) is 16.0 Å². The number of urea groups is 1. The molecule has 0 spiro atoms. The van der Waals surface area contributed by atoms with Gasteiger partial charge in [-0.3, -0.25) is 14.5 Å².